The summed E-state index contributed by atoms with van der Waals surface area (Å²) >= 11 is 0. The van der Waals surface area contributed by atoms with Crippen molar-refractivity contribution >= 4 is 17.8 Å². The van der Waals surface area contributed by atoms with E-state index in [1.54, 1.807) is 30.4 Å². The normalized spacial score (nSPS) is 23.5. The number of likely N-dealkylation sites (tertiary alicyclic amines) is 1. The average molecular weight is 382 g/mol. The lowest BCUT2D eigenvalue weighted by molar-refractivity contribution is 0.0792. The maximum absolute atomic E-state index is 12.6. The Hall–Kier alpha value is -3.07. The Morgan fingerprint density at radius 3 is 2.93 bits per heavy atom. The molecule has 146 valence electrons. The number of urea groups is 1. The first-order valence-electron chi connectivity index (χ1n) is 9.54. The van der Waals surface area contributed by atoms with Crippen LogP contribution < -0.4 is 15.1 Å². The fraction of sp³-hybridized carbons (Fsp3) is 0.421. The number of anilines is 1. The van der Waals surface area contributed by atoms with Gasteiger partial charge in [0.1, 0.15) is 12.8 Å². The highest BCUT2D eigenvalue weighted by atomic mass is 16.5. The summed E-state index contributed by atoms with van der Waals surface area (Å²) < 4.78 is 5.80. The standard InChI is InChI=1S/C19H22N6O3/c1-22-19(27)25-7-4-14(11-16(25)21-22)24-8-9-28-15-10-13(12-20-17(15)24)18(26)23-5-2-3-6-23/h4,7,10-12,16,21H,2-3,5-6,8-9H2,1H3. The molecule has 4 aliphatic heterocycles. The predicted molar refractivity (Wildman–Crippen MR) is 101 cm³/mol. The first kappa shape index (κ1) is 17.1. The van der Waals surface area contributed by atoms with E-state index in [9.17, 15) is 9.59 Å². The number of hydrogen-bond donors (Lipinski definition) is 1. The molecule has 5 heterocycles. The van der Waals surface area contributed by atoms with E-state index in [2.05, 4.69) is 15.3 Å². The van der Waals surface area contributed by atoms with Gasteiger partial charge >= 0.3 is 6.03 Å². The van der Waals surface area contributed by atoms with Crippen LogP contribution in [-0.2, 0) is 0 Å². The van der Waals surface area contributed by atoms with Crippen molar-refractivity contribution in [2.24, 2.45) is 0 Å². The van der Waals surface area contributed by atoms with E-state index < -0.39 is 0 Å². The number of amides is 3. The van der Waals surface area contributed by atoms with Crippen LogP contribution in [0.4, 0.5) is 10.6 Å². The third-order valence-corrected chi connectivity index (χ3v) is 5.48. The van der Waals surface area contributed by atoms with Crippen molar-refractivity contribution in [1.29, 1.82) is 0 Å². The van der Waals surface area contributed by atoms with Crippen molar-refractivity contribution in [2.75, 3.05) is 38.2 Å². The molecule has 1 atom stereocenters. The number of hydrogen-bond acceptors (Lipinski definition) is 6. The highest BCUT2D eigenvalue weighted by Crippen LogP contribution is 2.34. The Labute approximate surface area is 162 Å². The number of carbonyl (C=O) groups is 2. The van der Waals surface area contributed by atoms with Crippen LogP contribution in [0.25, 0.3) is 0 Å². The Morgan fingerprint density at radius 1 is 1.29 bits per heavy atom. The minimum atomic E-state index is -0.222. The molecule has 28 heavy (non-hydrogen) atoms. The van der Waals surface area contributed by atoms with Gasteiger partial charge in [-0.2, -0.15) is 0 Å². The van der Waals surface area contributed by atoms with Gasteiger partial charge in [-0.1, -0.05) is 0 Å². The molecule has 0 aromatic carbocycles. The number of fused-ring (bicyclic) bond motifs is 2. The van der Waals surface area contributed by atoms with Crippen LogP contribution in [0.2, 0.25) is 0 Å². The van der Waals surface area contributed by atoms with Crippen LogP contribution in [0, 0.1) is 0 Å². The van der Waals surface area contributed by atoms with Gasteiger partial charge in [-0.15, -0.1) is 0 Å². The van der Waals surface area contributed by atoms with Gasteiger partial charge in [0.05, 0.1) is 12.1 Å². The van der Waals surface area contributed by atoms with Gasteiger partial charge in [-0.3, -0.25) is 14.7 Å². The van der Waals surface area contributed by atoms with Crippen molar-refractivity contribution in [2.45, 2.75) is 19.0 Å². The molecule has 1 aromatic rings. The monoisotopic (exact) mass is 382 g/mol. The van der Waals surface area contributed by atoms with E-state index in [4.69, 9.17) is 4.74 Å². The third-order valence-electron chi connectivity index (χ3n) is 5.48. The molecule has 1 unspecified atom stereocenters. The molecular weight excluding hydrogens is 360 g/mol. The first-order valence-corrected chi connectivity index (χ1v) is 9.54. The summed E-state index contributed by atoms with van der Waals surface area (Å²) in [5, 5.41) is 1.47. The van der Waals surface area contributed by atoms with Crippen LogP contribution in [0.5, 0.6) is 5.75 Å². The van der Waals surface area contributed by atoms with E-state index in [1.807, 2.05) is 17.1 Å². The van der Waals surface area contributed by atoms with Gasteiger partial charge in [0.2, 0.25) is 0 Å². The molecule has 9 heteroatoms. The number of ether oxygens (including phenoxy) is 1. The molecule has 0 spiro atoms. The fourth-order valence-corrected chi connectivity index (χ4v) is 4.01. The summed E-state index contributed by atoms with van der Waals surface area (Å²) in [6.07, 6.45) is 9.18. The summed E-state index contributed by atoms with van der Waals surface area (Å²) in [5.74, 6) is 1.31. The lowest BCUT2D eigenvalue weighted by Crippen LogP contribution is -2.39. The van der Waals surface area contributed by atoms with Crippen LogP contribution in [0.15, 0.2) is 36.3 Å². The van der Waals surface area contributed by atoms with Gasteiger partial charge in [0.15, 0.2) is 11.6 Å². The highest BCUT2D eigenvalue weighted by Gasteiger charge is 2.35. The van der Waals surface area contributed by atoms with Gasteiger partial charge in [0, 0.05) is 38.2 Å². The van der Waals surface area contributed by atoms with Crippen molar-refractivity contribution in [1.82, 2.24) is 25.2 Å². The van der Waals surface area contributed by atoms with Crippen molar-refractivity contribution in [3.63, 3.8) is 0 Å². The second-order valence-electron chi connectivity index (χ2n) is 7.28. The summed E-state index contributed by atoms with van der Waals surface area (Å²) in [5.41, 5.74) is 4.61. The van der Waals surface area contributed by atoms with Gasteiger partial charge < -0.3 is 14.5 Å². The van der Waals surface area contributed by atoms with Gasteiger partial charge in [-0.05, 0) is 31.1 Å². The first-order chi connectivity index (χ1) is 13.6. The zero-order valence-corrected chi connectivity index (χ0v) is 15.7. The Morgan fingerprint density at radius 2 is 2.11 bits per heavy atom. The molecule has 2 fully saturated rings. The lowest BCUT2D eigenvalue weighted by Gasteiger charge is -2.33. The fourth-order valence-electron chi connectivity index (χ4n) is 4.01. The average Bonchev–Trinajstić information content (AvgIpc) is 3.35. The van der Waals surface area contributed by atoms with Crippen LogP contribution in [0.1, 0.15) is 23.2 Å². The van der Waals surface area contributed by atoms with Crippen LogP contribution >= 0.6 is 0 Å². The van der Waals surface area contributed by atoms with E-state index in [1.165, 1.54) is 5.01 Å². The second kappa shape index (κ2) is 6.52. The second-order valence-corrected chi connectivity index (χ2v) is 7.28. The molecule has 2 saturated heterocycles. The largest absolute Gasteiger partial charge is 0.488 e. The SMILES string of the molecule is CN1NC2C=C(N3CCOc4cc(C(=O)N5CCCC5)cnc43)C=CN2C1=O. The minimum absolute atomic E-state index is 0.0117. The number of nitrogens with zero attached hydrogens (tertiary/aromatic N) is 5. The Kier molecular flexibility index (Phi) is 3.97. The molecule has 0 saturated carbocycles. The summed E-state index contributed by atoms with van der Waals surface area (Å²) in [6.45, 7) is 2.76. The molecule has 0 aliphatic carbocycles. The molecule has 3 amide bonds. The predicted octanol–water partition coefficient (Wildman–Crippen LogP) is 1.13. The topological polar surface area (TPSA) is 81.2 Å². The molecular formula is C19H22N6O3. The number of rotatable bonds is 2. The maximum atomic E-state index is 12.6. The maximum Gasteiger partial charge on any atom is 0.339 e. The smallest absolute Gasteiger partial charge is 0.339 e. The molecule has 1 N–H and O–H groups in total. The number of pyridine rings is 1. The van der Waals surface area contributed by atoms with E-state index in [0.717, 1.165) is 31.6 Å². The molecule has 4 aliphatic rings. The van der Waals surface area contributed by atoms with Crippen molar-refractivity contribution < 1.29 is 14.3 Å². The van der Waals surface area contributed by atoms with Crippen molar-refractivity contribution in [3.8, 4) is 5.75 Å². The molecule has 9 nitrogen and oxygen atoms in total. The van der Waals surface area contributed by atoms with Crippen molar-refractivity contribution in [3.05, 3.63) is 41.9 Å². The summed E-state index contributed by atoms with van der Waals surface area (Å²) in [4.78, 5) is 34.8. The third kappa shape index (κ3) is 2.70. The highest BCUT2D eigenvalue weighted by molar-refractivity contribution is 5.95. The molecule has 0 radical (unpaired) electrons. The number of allylic oxidation sites excluding steroid dienone is 1. The Balaban J connectivity index is 1.41. The number of hydrazine groups is 1. The van der Waals surface area contributed by atoms with E-state index in [-0.39, 0.29) is 18.1 Å². The lowest BCUT2D eigenvalue weighted by atomic mass is 10.2. The van der Waals surface area contributed by atoms with Crippen LogP contribution in [-0.4, -0.2) is 71.2 Å². The van der Waals surface area contributed by atoms with E-state index >= 15 is 0 Å². The van der Waals surface area contributed by atoms with E-state index in [0.29, 0.717) is 30.3 Å². The quantitative estimate of drug-likeness (QED) is 0.826. The Bertz CT molecular complexity index is 892. The van der Waals surface area contributed by atoms with Gasteiger partial charge in [-0.25, -0.2) is 15.2 Å². The molecule has 0 bridgehead atoms. The zero-order chi connectivity index (χ0) is 19.3. The zero-order valence-electron chi connectivity index (χ0n) is 15.7. The number of nitrogens with one attached hydrogen (secondary N) is 1. The number of aromatic nitrogens is 1. The number of carbonyl (C=O) groups excluding carboxylic acids is 2. The summed E-state index contributed by atoms with van der Waals surface area (Å²) in [7, 11) is 1.70. The summed E-state index contributed by atoms with van der Waals surface area (Å²) in [6, 6.07) is 1.70. The minimum Gasteiger partial charge on any atom is -0.488 e. The van der Waals surface area contributed by atoms with Crippen LogP contribution in [0.3, 0.4) is 0 Å². The van der Waals surface area contributed by atoms with Gasteiger partial charge in [0.25, 0.3) is 5.91 Å². The molecule has 5 rings (SSSR count). The molecule has 1 aromatic heterocycles.